The molecule has 0 aliphatic rings. The van der Waals surface area contributed by atoms with Crippen LogP contribution in [0, 0.1) is 0 Å². The number of thiophene rings is 1. The van der Waals surface area contributed by atoms with Crippen LogP contribution in [0.5, 0.6) is 0 Å². The molecule has 1 unspecified atom stereocenters. The molecule has 144 valence electrons. The van der Waals surface area contributed by atoms with E-state index < -0.39 is 0 Å². The highest BCUT2D eigenvalue weighted by molar-refractivity contribution is 7.17. The third-order valence-electron chi connectivity index (χ3n) is 5.26. The van der Waals surface area contributed by atoms with Crippen LogP contribution in [0.4, 0.5) is 0 Å². The van der Waals surface area contributed by atoms with Crippen LogP contribution < -0.4 is 5.56 Å². The predicted molar refractivity (Wildman–Crippen MR) is 116 cm³/mol. The Morgan fingerprint density at radius 1 is 1.21 bits per heavy atom. The second kappa shape index (κ2) is 7.47. The Morgan fingerprint density at radius 3 is 2.71 bits per heavy atom. The van der Waals surface area contributed by atoms with Crippen molar-refractivity contribution < 1.29 is 4.74 Å². The van der Waals surface area contributed by atoms with Crippen molar-refractivity contribution in [2.24, 2.45) is 0 Å². The standard InChI is InChI=1S/C22H23N3O2S/c1-13(25(2)3)17-7-5-14(11-23-17)19-15(12-27-4)6-8-18-20(19)16-9-10-28-21(16)22(26)24-18/h5-11,13H,12H2,1-4H3,(H,24,26). The van der Waals surface area contributed by atoms with Crippen molar-refractivity contribution in [3.05, 3.63) is 63.5 Å². The Labute approximate surface area is 167 Å². The fraction of sp³-hybridized carbons (Fsp3) is 0.273. The summed E-state index contributed by atoms with van der Waals surface area (Å²) < 4.78 is 6.20. The lowest BCUT2D eigenvalue weighted by Crippen LogP contribution is -2.17. The average Bonchev–Trinajstić information content (AvgIpc) is 3.19. The number of pyridine rings is 2. The number of aromatic nitrogens is 2. The van der Waals surface area contributed by atoms with E-state index in [0.29, 0.717) is 6.61 Å². The molecule has 5 nitrogen and oxygen atoms in total. The Morgan fingerprint density at radius 2 is 2.04 bits per heavy atom. The van der Waals surface area contributed by atoms with E-state index in [1.54, 1.807) is 7.11 Å². The molecule has 6 heteroatoms. The number of hydrogen-bond acceptors (Lipinski definition) is 5. The molecule has 0 saturated carbocycles. The number of hydrogen-bond donors (Lipinski definition) is 1. The van der Waals surface area contributed by atoms with E-state index in [0.717, 1.165) is 43.4 Å². The molecule has 0 fully saturated rings. The molecule has 3 heterocycles. The van der Waals surface area contributed by atoms with E-state index in [1.807, 2.05) is 43.9 Å². The quantitative estimate of drug-likeness (QED) is 0.539. The van der Waals surface area contributed by atoms with Crippen molar-refractivity contribution in [3.8, 4) is 11.1 Å². The molecule has 0 radical (unpaired) electrons. The van der Waals surface area contributed by atoms with Gasteiger partial charge >= 0.3 is 0 Å². The number of benzene rings is 1. The lowest BCUT2D eigenvalue weighted by atomic mass is 9.94. The van der Waals surface area contributed by atoms with Crippen LogP contribution in [0.15, 0.2) is 46.7 Å². The third-order valence-corrected chi connectivity index (χ3v) is 6.17. The van der Waals surface area contributed by atoms with E-state index in [-0.39, 0.29) is 11.6 Å². The van der Waals surface area contributed by atoms with Crippen molar-refractivity contribution in [1.29, 1.82) is 0 Å². The first kappa shape index (κ1) is 18.8. The van der Waals surface area contributed by atoms with Gasteiger partial charge in [-0.15, -0.1) is 11.3 Å². The number of nitrogens with zero attached hydrogens (tertiary/aromatic N) is 2. The maximum atomic E-state index is 12.4. The van der Waals surface area contributed by atoms with Gasteiger partial charge in [0.25, 0.3) is 5.56 Å². The van der Waals surface area contributed by atoms with Crippen LogP contribution in [0.1, 0.15) is 24.2 Å². The van der Waals surface area contributed by atoms with Gasteiger partial charge < -0.3 is 14.6 Å². The van der Waals surface area contributed by atoms with Crippen LogP contribution >= 0.6 is 11.3 Å². The van der Waals surface area contributed by atoms with Gasteiger partial charge in [-0.1, -0.05) is 12.1 Å². The zero-order valence-electron chi connectivity index (χ0n) is 16.4. The molecule has 1 N–H and O–H groups in total. The normalized spacial score (nSPS) is 12.9. The van der Waals surface area contributed by atoms with Crippen molar-refractivity contribution in [1.82, 2.24) is 14.9 Å². The molecule has 0 spiro atoms. The number of ether oxygens (including phenoxy) is 1. The SMILES string of the molecule is COCc1ccc2[nH]c(=O)c3sccc3c2c1-c1ccc(C(C)N(C)C)nc1. The van der Waals surface area contributed by atoms with Gasteiger partial charge in [0, 0.05) is 41.2 Å². The number of rotatable bonds is 5. The molecule has 0 bridgehead atoms. The minimum Gasteiger partial charge on any atom is -0.380 e. The first-order valence-electron chi connectivity index (χ1n) is 9.18. The molecule has 1 aromatic carbocycles. The summed E-state index contributed by atoms with van der Waals surface area (Å²) in [5, 5.41) is 3.98. The Hall–Kier alpha value is -2.54. The second-order valence-corrected chi connectivity index (χ2v) is 8.10. The third kappa shape index (κ3) is 3.13. The molecule has 0 amide bonds. The molecular formula is C22H23N3O2S. The molecule has 28 heavy (non-hydrogen) atoms. The molecule has 1 atom stereocenters. The zero-order valence-corrected chi connectivity index (χ0v) is 17.3. The van der Waals surface area contributed by atoms with Gasteiger partial charge in [-0.2, -0.15) is 0 Å². The van der Waals surface area contributed by atoms with Gasteiger partial charge in [-0.25, -0.2) is 0 Å². The zero-order chi connectivity index (χ0) is 19.8. The van der Waals surface area contributed by atoms with Gasteiger partial charge in [0.05, 0.1) is 12.3 Å². The molecule has 3 aromatic heterocycles. The van der Waals surface area contributed by atoms with Gasteiger partial charge in [0.15, 0.2) is 0 Å². The minimum absolute atomic E-state index is 0.0452. The number of methoxy groups -OCH3 is 1. The van der Waals surface area contributed by atoms with Crippen molar-refractivity contribution >= 4 is 32.3 Å². The molecular weight excluding hydrogens is 370 g/mol. The molecule has 4 rings (SSSR count). The van der Waals surface area contributed by atoms with Crippen LogP contribution in [0.25, 0.3) is 32.1 Å². The maximum absolute atomic E-state index is 12.4. The lowest BCUT2D eigenvalue weighted by Gasteiger charge is -2.20. The summed E-state index contributed by atoms with van der Waals surface area (Å²) in [5.41, 5.74) is 4.97. The summed E-state index contributed by atoms with van der Waals surface area (Å²) in [6, 6.07) is 10.4. The lowest BCUT2D eigenvalue weighted by molar-refractivity contribution is 0.185. The van der Waals surface area contributed by atoms with Gasteiger partial charge in [0.1, 0.15) is 4.70 Å². The first-order valence-corrected chi connectivity index (χ1v) is 10.1. The van der Waals surface area contributed by atoms with E-state index in [1.165, 1.54) is 11.3 Å². The highest BCUT2D eigenvalue weighted by atomic mass is 32.1. The molecule has 0 aliphatic heterocycles. The number of aromatic amines is 1. The van der Waals surface area contributed by atoms with Crippen LogP contribution in [0.3, 0.4) is 0 Å². The predicted octanol–water partition coefficient (Wildman–Crippen LogP) is 4.57. The summed E-state index contributed by atoms with van der Waals surface area (Å²) in [4.78, 5) is 22.3. The van der Waals surface area contributed by atoms with Gasteiger partial charge in [-0.3, -0.25) is 9.78 Å². The van der Waals surface area contributed by atoms with Crippen LogP contribution in [0.2, 0.25) is 0 Å². The number of nitrogens with one attached hydrogen (secondary N) is 1. The summed E-state index contributed by atoms with van der Waals surface area (Å²) in [5.74, 6) is 0. The molecule has 4 aromatic rings. The summed E-state index contributed by atoms with van der Waals surface area (Å²) in [6.07, 6.45) is 1.92. The molecule has 0 saturated heterocycles. The molecule has 0 aliphatic carbocycles. The monoisotopic (exact) mass is 393 g/mol. The fourth-order valence-electron chi connectivity index (χ4n) is 3.56. The van der Waals surface area contributed by atoms with Gasteiger partial charge in [-0.05, 0) is 55.7 Å². The minimum atomic E-state index is -0.0452. The van der Waals surface area contributed by atoms with Gasteiger partial charge in [0.2, 0.25) is 0 Å². The van der Waals surface area contributed by atoms with E-state index >= 15 is 0 Å². The highest BCUT2D eigenvalue weighted by Crippen LogP contribution is 2.37. The van der Waals surface area contributed by atoms with Crippen LogP contribution in [-0.2, 0) is 11.3 Å². The van der Waals surface area contributed by atoms with E-state index in [4.69, 9.17) is 9.72 Å². The number of H-pyrrole nitrogens is 1. The van der Waals surface area contributed by atoms with E-state index in [2.05, 4.69) is 28.9 Å². The van der Waals surface area contributed by atoms with E-state index in [9.17, 15) is 4.79 Å². The van der Waals surface area contributed by atoms with Crippen molar-refractivity contribution in [2.45, 2.75) is 19.6 Å². The smallest absolute Gasteiger partial charge is 0.266 e. The first-order chi connectivity index (χ1) is 13.5. The Balaban J connectivity index is 2.00. The summed E-state index contributed by atoms with van der Waals surface area (Å²) in [7, 11) is 5.79. The van der Waals surface area contributed by atoms with Crippen LogP contribution in [-0.4, -0.2) is 36.1 Å². The maximum Gasteiger partial charge on any atom is 0.266 e. The Kier molecular flexibility index (Phi) is 5.02. The largest absolute Gasteiger partial charge is 0.380 e. The van der Waals surface area contributed by atoms with Crippen molar-refractivity contribution in [3.63, 3.8) is 0 Å². The fourth-order valence-corrected chi connectivity index (χ4v) is 4.36. The summed E-state index contributed by atoms with van der Waals surface area (Å²) in [6.45, 7) is 2.63. The second-order valence-electron chi connectivity index (χ2n) is 7.18. The average molecular weight is 394 g/mol. The van der Waals surface area contributed by atoms with Crippen molar-refractivity contribution in [2.75, 3.05) is 21.2 Å². The summed E-state index contributed by atoms with van der Waals surface area (Å²) >= 11 is 1.47. The Bertz CT molecular complexity index is 1190. The topological polar surface area (TPSA) is 58.2 Å². The highest BCUT2D eigenvalue weighted by Gasteiger charge is 2.17. The number of fused-ring (bicyclic) bond motifs is 3.